The fourth-order valence-electron chi connectivity index (χ4n) is 1.60. The van der Waals surface area contributed by atoms with Gasteiger partial charge in [0.1, 0.15) is 4.88 Å². The summed E-state index contributed by atoms with van der Waals surface area (Å²) in [7, 11) is 0. The van der Waals surface area contributed by atoms with E-state index < -0.39 is 0 Å². The molecule has 0 aliphatic carbocycles. The number of carbonyl (C=O) groups is 1. The molecule has 106 valence electrons. The van der Waals surface area contributed by atoms with Gasteiger partial charge in [-0.3, -0.25) is 4.79 Å². The largest absolute Gasteiger partial charge is 0.320 e. The highest BCUT2D eigenvalue weighted by Crippen LogP contribution is 2.29. The first-order valence-corrected chi connectivity index (χ1v) is 7.82. The van der Waals surface area contributed by atoms with Crippen LogP contribution in [-0.4, -0.2) is 15.5 Å². The van der Waals surface area contributed by atoms with E-state index in [0.29, 0.717) is 21.3 Å². The van der Waals surface area contributed by atoms with Crippen LogP contribution in [0, 0.1) is 0 Å². The fraction of sp³-hybridized carbons (Fsp3) is 0.308. The van der Waals surface area contributed by atoms with Crippen molar-refractivity contribution in [2.45, 2.75) is 26.2 Å². The zero-order valence-corrected chi connectivity index (χ0v) is 14.4. The molecule has 20 heavy (non-hydrogen) atoms. The average molecular weight is 375 g/mol. The number of amides is 1. The maximum Gasteiger partial charge on any atom is 0.269 e. The van der Waals surface area contributed by atoms with Gasteiger partial charge in [-0.1, -0.05) is 36.9 Å². The molecular formula is C13H13BrClN3OS. The Balaban J connectivity index is 2.27. The summed E-state index contributed by atoms with van der Waals surface area (Å²) >= 11 is 10.3. The molecule has 0 unspecified atom stereocenters. The Morgan fingerprint density at radius 1 is 1.40 bits per heavy atom. The highest BCUT2D eigenvalue weighted by molar-refractivity contribution is 9.10. The van der Waals surface area contributed by atoms with Crippen LogP contribution in [0.4, 0.5) is 5.69 Å². The van der Waals surface area contributed by atoms with Crippen molar-refractivity contribution in [3.8, 4) is 0 Å². The molecule has 0 atom stereocenters. The number of aromatic nitrogens is 2. The van der Waals surface area contributed by atoms with E-state index in [2.05, 4.69) is 30.8 Å². The fourth-order valence-corrected chi connectivity index (χ4v) is 3.15. The minimum absolute atomic E-state index is 0.215. The third-order valence-electron chi connectivity index (χ3n) is 2.58. The van der Waals surface area contributed by atoms with Gasteiger partial charge >= 0.3 is 0 Å². The summed E-state index contributed by atoms with van der Waals surface area (Å²) in [5.41, 5.74) is 1.13. The molecule has 1 aromatic heterocycles. The predicted molar refractivity (Wildman–Crippen MR) is 85.7 cm³/mol. The van der Waals surface area contributed by atoms with Gasteiger partial charge in [-0.15, -0.1) is 5.10 Å². The van der Waals surface area contributed by atoms with Crippen LogP contribution in [0.5, 0.6) is 0 Å². The molecule has 0 bridgehead atoms. The Labute approximate surface area is 134 Å². The van der Waals surface area contributed by atoms with Crippen molar-refractivity contribution in [2.75, 3.05) is 5.32 Å². The second-order valence-corrected chi connectivity index (χ2v) is 7.32. The van der Waals surface area contributed by atoms with Crippen LogP contribution in [-0.2, 0) is 5.41 Å². The minimum atomic E-state index is -0.225. The second-order valence-electron chi connectivity index (χ2n) is 5.28. The zero-order chi connectivity index (χ0) is 14.9. The van der Waals surface area contributed by atoms with Gasteiger partial charge in [0.2, 0.25) is 0 Å². The molecule has 0 aliphatic rings. The smallest absolute Gasteiger partial charge is 0.269 e. The molecule has 1 heterocycles. The molecule has 1 N–H and O–H groups in total. The number of rotatable bonds is 2. The van der Waals surface area contributed by atoms with E-state index in [-0.39, 0.29) is 11.3 Å². The van der Waals surface area contributed by atoms with Crippen LogP contribution < -0.4 is 5.32 Å². The number of anilines is 1. The first-order chi connectivity index (χ1) is 9.29. The Hall–Kier alpha value is -0.980. The van der Waals surface area contributed by atoms with Crippen LogP contribution in [0.1, 0.15) is 36.1 Å². The lowest BCUT2D eigenvalue weighted by Gasteiger charge is -2.16. The molecule has 0 saturated carbocycles. The highest BCUT2D eigenvalue weighted by atomic mass is 79.9. The van der Waals surface area contributed by atoms with E-state index in [1.165, 1.54) is 0 Å². The van der Waals surface area contributed by atoms with Gasteiger partial charge in [-0.2, -0.15) is 0 Å². The molecule has 0 spiro atoms. The topological polar surface area (TPSA) is 54.9 Å². The predicted octanol–water partition coefficient (Wildman–Crippen LogP) is 4.50. The molecule has 1 amide bonds. The minimum Gasteiger partial charge on any atom is -0.320 e. The molecular weight excluding hydrogens is 362 g/mol. The number of nitrogens with zero attached hydrogens (tertiary/aromatic N) is 2. The van der Waals surface area contributed by atoms with Crippen molar-refractivity contribution in [1.29, 1.82) is 0 Å². The van der Waals surface area contributed by atoms with Crippen LogP contribution in [0.15, 0.2) is 22.7 Å². The van der Waals surface area contributed by atoms with Crippen molar-refractivity contribution < 1.29 is 4.79 Å². The number of halogens is 2. The summed E-state index contributed by atoms with van der Waals surface area (Å²) in [6.07, 6.45) is 0. The van der Waals surface area contributed by atoms with Crippen molar-refractivity contribution in [1.82, 2.24) is 9.59 Å². The number of hydrogen-bond acceptors (Lipinski definition) is 4. The molecule has 2 aromatic rings. The summed E-state index contributed by atoms with van der Waals surface area (Å²) in [6, 6.07) is 5.19. The molecule has 0 saturated heterocycles. The van der Waals surface area contributed by atoms with E-state index in [9.17, 15) is 4.79 Å². The highest BCUT2D eigenvalue weighted by Gasteiger charge is 2.26. The zero-order valence-electron chi connectivity index (χ0n) is 11.2. The molecule has 0 aliphatic heterocycles. The Morgan fingerprint density at radius 2 is 2.10 bits per heavy atom. The summed E-state index contributed by atoms with van der Waals surface area (Å²) in [5.74, 6) is -0.215. The van der Waals surface area contributed by atoms with Gasteiger partial charge in [0, 0.05) is 14.9 Å². The summed E-state index contributed by atoms with van der Waals surface area (Å²) in [4.78, 5) is 12.9. The summed E-state index contributed by atoms with van der Waals surface area (Å²) in [5, 5.41) is 7.50. The first-order valence-electron chi connectivity index (χ1n) is 5.88. The van der Waals surface area contributed by atoms with E-state index >= 15 is 0 Å². The quantitative estimate of drug-likeness (QED) is 0.841. The Kier molecular flexibility index (Phi) is 4.46. The standard InChI is InChI=1S/C13H13BrClN3OS/c1-13(2,3)11-10(20-18-17-11)12(19)16-9-5-4-7(15)6-8(9)14/h4-6H,1-3H3,(H,16,19). The van der Waals surface area contributed by atoms with Crippen molar-refractivity contribution in [3.05, 3.63) is 38.3 Å². The molecule has 1 aromatic carbocycles. The van der Waals surface area contributed by atoms with Gasteiger partial charge in [-0.25, -0.2) is 0 Å². The molecule has 0 fully saturated rings. The Morgan fingerprint density at radius 3 is 2.70 bits per heavy atom. The van der Waals surface area contributed by atoms with Gasteiger partial charge in [0.15, 0.2) is 0 Å². The molecule has 7 heteroatoms. The summed E-state index contributed by atoms with van der Waals surface area (Å²) < 4.78 is 4.62. The number of nitrogens with one attached hydrogen (secondary N) is 1. The summed E-state index contributed by atoms with van der Waals surface area (Å²) in [6.45, 7) is 6.00. The average Bonchev–Trinajstić information content (AvgIpc) is 2.81. The first kappa shape index (κ1) is 15.4. The van der Waals surface area contributed by atoms with Crippen LogP contribution in [0.3, 0.4) is 0 Å². The lowest BCUT2D eigenvalue weighted by atomic mass is 9.91. The third-order valence-corrected chi connectivity index (χ3v) is 4.20. The normalized spacial score (nSPS) is 11.4. The monoisotopic (exact) mass is 373 g/mol. The van der Waals surface area contributed by atoms with Crippen LogP contribution in [0.2, 0.25) is 5.02 Å². The maximum atomic E-state index is 12.3. The van der Waals surface area contributed by atoms with E-state index in [4.69, 9.17) is 11.6 Å². The lowest BCUT2D eigenvalue weighted by molar-refractivity contribution is 0.102. The molecule has 2 rings (SSSR count). The molecule has 0 radical (unpaired) electrons. The van der Waals surface area contributed by atoms with E-state index in [1.54, 1.807) is 18.2 Å². The second kappa shape index (κ2) is 5.79. The van der Waals surface area contributed by atoms with Gasteiger partial charge in [0.25, 0.3) is 5.91 Å². The van der Waals surface area contributed by atoms with E-state index in [0.717, 1.165) is 16.0 Å². The van der Waals surface area contributed by atoms with Crippen LogP contribution in [0.25, 0.3) is 0 Å². The van der Waals surface area contributed by atoms with Gasteiger partial charge < -0.3 is 5.32 Å². The van der Waals surface area contributed by atoms with Crippen molar-refractivity contribution >= 4 is 50.7 Å². The van der Waals surface area contributed by atoms with Gasteiger partial charge in [0.05, 0.1) is 11.4 Å². The SMILES string of the molecule is CC(C)(C)c1nnsc1C(=O)Nc1ccc(Cl)cc1Br. The van der Waals surface area contributed by atoms with E-state index in [1.807, 2.05) is 20.8 Å². The van der Waals surface area contributed by atoms with Crippen molar-refractivity contribution in [2.24, 2.45) is 0 Å². The lowest BCUT2D eigenvalue weighted by Crippen LogP contribution is -2.20. The van der Waals surface area contributed by atoms with Crippen LogP contribution >= 0.6 is 39.1 Å². The van der Waals surface area contributed by atoms with Gasteiger partial charge in [-0.05, 0) is 45.7 Å². The van der Waals surface area contributed by atoms with Crippen molar-refractivity contribution in [3.63, 3.8) is 0 Å². The number of hydrogen-bond donors (Lipinski definition) is 1. The number of carbonyl (C=O) groups excluding carboxylic acids is 1. The maximum absolute atomic E-state index is 12.3. The number of benzene rings is 1. The molecule has 4 nitrogen and oxygen atoms in total. The third kappa shape index (κ3) is 3.37. The Bertz CT molecular complexity index is 651.